The molecule has 0 aliphatic carbocycles. The highest BCUT2D eigenvalue weighted by Gasteiger charge is 2.35. The molecule has 0 bridgehead atoms. The van der Waals surface area contributed by atoms with Crippen molar-refractivity contribution in [3.8, 4) is 5.75 Å². The number of amides is 1. The third kappa shape index (κ3) is 5.59. The fourth-order valence-corrected chi connectivity index (χ4v) is 5.86. The minimum atomic E-state index is -4.61. The molecule has 1 fully saturated rings. The van der Waals surface area contributed by atoms with Gasteiger partial charge in [0.05, 0.1) is 18.4 Å². The lowest BCUT2D eigenvalue weighted by atomic mass is 9.94. The highest BCUT2D eigenvalue weighted by molar-refractivity contribution is 7.89. The minimum absolute atomic E-state index is 0.0514. The lowest BCUT2D eigenvalue weighted by molar-refractivity contribution is -0.137. The number of hydrogen-bond acceptors (Lipinski definition) is 5. The van der Waals surface area contributed by atoms with E-state index in [-0.39, 0.29) is 33.7 Å². The Labute approximate surface area is 190 Å². The molecule has 0 radical (unpaired) electrons. The molecule has 0 aromatic heterocycles. The van der Waals surface area contributed by atoms with E-state index in [1.165, 1.54) is 47.8 Å². The minimum Gasteiger partial charge on any atom is -0.495 e. The Balaban J connectivity index is 1.86. The van der Waals surface area contributed by atoms with Crippen molar-refractivity contribution in [2.75, 3.05) is 25.6 Å². The Morgan fingerprint density at radius 3 is 2.33 bits per heavy atom. The molecule has 1 heterocycles. The summed E-state index contributed by atoms with van der Waals surface area (Å²) in [5.41, 5.74) is 3.13. The Bertz CT molecular complexity index is 1110. The number of nitrogens with zero attached hydrogens (tertiary/aromatic N) is 1. The van der Waals surface area contributed by atoms with E-state index in [9.17, 15) is 26.4 Å². The van der Waals surface area contributed by atoms with E-state index in [4.69, 9.17) is 4.74 Å². The molecule has 0 spiro atoms. The number of nitrogens with one attached hydrogen (secondary N) is 2. The number of carbonyl (C=O) groups excluding carboxylic acids is 1. The fourth-order valence-electron chi connectivity index (χ4n) is 4.00. The smallest absolute Gasteiger partial charge is 0.418 e. The van der Waals surface area contributed by atoms with Gasteiger partial charge in [0.2, 0.25) is 10.0 Å². The zero-order valence-corrected chi connectivity index (χ0v) is 19.3. The van der Waals surface area contributed by atoms with Crippen LogP contribution in [0.3, 0.4) is 0 Å². The van der Waals surface area contributed by atoms with Crippen molar-refractivity contribution >= 4 is 21.6 Å². The van der Waals surface area contributed by atoms with Gasteiger partial charge in [-0.1, -0.05) is 26.0 Å². The molecular weight excluding hydrogens is 459 g/mol. The first-order valence-corrected chi connectivity index (χ1v) is 11.8. The zero-order chi connectivity index (χ0) is 24.4. The van der Waals surface area contributed by atoms with Crippen LogP contribution in [0.15, 0.2) is 47.4 Å². The van der Waals surface area contributed by atoms with Crippen LogP contribution in [0.2, 0.25) is 0 Å². The maximum Gasteiger partial charge on any atom is 0.418 e. The predicted molar refractivity (Wildman–Crippen MR) is 117 cm³/mol. The van der Waals surface area contributed by atoms with Gasteiger partial charge in [0.1, 0.15) is 10.6 Å². The van der Waals surface area contributed by atoms with Crippen molar-refractivity contribution in [3.63, 3.8) is 0 Å². The summed E-state index contributed by atoms with van der Waals surface area (Å²) in [5, 5.41) is 0. The summed E-state index contributed by atoms with van der Waals surface area (Å²) < 4.78 is 72.7. The van der Waals surface area contributed by atoms with Gasteiger partial charge in [0, 0.05) is 18.7 Å². The SMILES string of the molecule is COc1ccc(C(=O)NNc2ccccc2C(F)(F)F)cc1S(=O)(=O)N1CC(C)CC(C)C1. The molecule has 1 aliphatic heterocycles. The van der Waals surface area contributed by atoms with Crippen LogP contribution in [0, 0.1) is 11.8 Å². The number of sulfonamides is 1. The van der Waals surface area contributed by atoms with E-state index in [0.29, 0.717) is 13.1 Å². The summed E-state index contributed by atoms with van der Waals surface area (Å²) in [6.07, 6.45) is -3.70. The van der Waals surface area contributed by atoms with Crippen LogP contribution in [-0.4, -0.2) is 38.8 Å². The van der Waals surface area contributed by atoms with E-state index in [2.05, 4.69) is 10.9 Å². The average Bonchev–Trinajstić information content (AvgIpc) is 2.76. The zero-order valence-electron chi connectivity index (χ0n) is 18.4. The van der Waals surface area contributed by atoms with Gasteiger partial charge in [-0.05, 0) is 48.6 Å². The summed E-state index contributed by atoms with van der Waals surface area (Å²) in [5.74, 6) is -0.364. The number of benzene rings is 2. The number of para-hydroxylation sites is 1. The monoisotopic (exact) mass is 485 g/mol. The van der Waals surface area contributed by atoms with Crippen LogP contribution in [0.1, 0.15) is 36.2 Å². The van der Waals surface area contributed by atoms with Gasteiger partial charge in [-0.25, -0.2) is 8.42 Å². The quantitative estimate of drug-likeness (QED) is 0.601. The summed E-state index contributed by atoms with van der Waals surface area (Å²) in [4.78, 5) is 12.5. The maximum atomic E-state index is 13.3. The summed E-state index contributed by atoms with van der Waals surface area (Å²) in [6.45, 7) is 4.65. The number of rotatable bonds is 6. The maximum absolute atomic E-state index is 13.3. The molecule has 2 unspecified atom stereocenters. The van der Waals surface area contributed by atoms with Crippen molar-refractivity contribution in [1.82, 2.24) is 9.73 Å². The predicted octanol–water partition coefficient (Wildman–Crippen LogP) is 4.14. The van der Waals surface area contributed by atoms with E-state index in [0.717, 1.165) is 12.5 Å². The van der Waals surface area contributed by atoms with Crippen LogP contribution >= 0.6 is 0 Å². The Kier molecular flexibility index (Phi) is 7.23. The second-order valence-corrected chi connectivity index (χ2v) is 10.2. The molecule has 2 aromatic carbocycles. The molecule has 7 nitrogen and oxygen atoms in total. The van der Waals surface area contributed by atoms with E-state index in [1.54, 1.807) is 0 Å². The van der Waals surface area contributed by atoms with Gasteiger partial charge in [0.25, 0.3) is 5.91 Å². The van der Waals surface area contributed by atoms with Gasteiger partial charge >= 0.3 is 6.18 Å². The number of piperidine rings is 1. The molecule has 3 rings (SSSR count). The molecule has 180 valence electrons. The second-order valence-electron chi connectivity index (χ2n) is 8.26. The first kappa shape index (κ1) is 24.8. The van der Waals surface area contributed by atoms with Crippen LogP contribution in [0.25, 0.3) is 0 Å². The number of anilines is 1. The van der Waals surface area contributed by atoms with Crippen molar-refractivity contribution in [3.05, 3.63) is 53.6 Å². The van der Waals surface area contributed by atoms with Crippen molar-refractivity contribution in [1.29, 1.82) is 0 Å². The molecule has 1 aliphatic rings. The van der Waals surface area contributed by atoms with Crippen LogP contribution < -0.4 is 15.6 Å². The van der Waals surface area contributed by atoms with E-state index < -0.39 is 27.7 Å². The number of methoxy groups -OCH3 is 1. The molecule has 2 N–H and O–H groups in total. The molecule has 2 aromatic rings. The average molecular weight is 486 g/mol. The molecule has 33 heavy (non-hydrogen) atoms. The van der Waals surface area contributed by atoms with Gasteiger partial charge in [-0.15, -0.1) is 0 Å². The summed E-state index contributed by atoms with van der Waals surface area (Å²) in [6, 6.07) is 8.54. The van der Waals surface area contributed by atoms with E-state index >= 15 is 0 Å². The molecular formula is C22H26F3N3O4S. The number of hydrogen-bond donors (Lipinski definition) is 2. The lowest BCUT2D eigenvalue weighted by Gasteiger charge is -2.34. The number of alkyl halides is 3. The number of hydrazine groups is 1. The normalized spacial score (nSPS) is 19.7. The van der Waals surface area contributed by atoms with Crippen LogP contribution in [-0.2, 0) is 16.2 Å². The Morgan fingerprint density at radius 2 is 1.73 bits per heavy atom. The molecule has 1 amide bonds. The van der Waals surface area contributed by atoms with Gasteiger partial charge in [0.15, 0.2) is 0 Å². The van der Waals surface area contributed by atoms with Gasteiger partial charge < -0.3 is 4.74 Å². The first-order chi connectivity index (χ1) is 15.4. The third-order valence-electron chi connectivity index (χ3n) is 5.42. The summed E-state index contributed by atoms with van der Waals surface area (Å²) >= 11 is 0. The second kappa shape index (κ2) is 9.60. The highest BCUT2D eigenvalue weighted by Crippen LogP contribution is 2.35. The highest BCUT2D eigenvalue weighted by atomic mass is 32.2. The van der Waals surface area contributed by atoms with Crippen LogP contribution in [0.5, 0.6) is 5.75 Å². The molecule has 11 heteroatoms. The Hall–Kier alpha value is -2.79. The van der Waals surface area contributed by atoms with Crippen LogP contribution in [0.4, 0.5) is 18.9 Å². The molecule has 2 atom stereocenters. The number of halogens is 3. The van der Waals surface area contributed by atoms with Gasteiger partial charge in [-0.2, -0.15) is 17.5 Å². The topological polar surface area (TPSA) is 87.7 Å². The molecule has 1 saturated heterocycles. The summed E-state index contributed by atoms with van der Waals surface area (Å²) in [7, 11) is -2.64. The number of ether oxygens (including phenoxy) is 1. The lowest BCUT2D eigenvalue weighted by Crippen LogP contribution is -2.42. The van der Waals surface area contributed by atoms with Crippen molar-refractivity contribution in [2.24, 2.45) is 11.8 Å². The van der Waals surface area contributed by atoms with Gasteiger partial charge in [-0.3, -0.25) is 15.6 Å². The molecule has 0 saturated carbocycles. The number of carbonyl (C=O) groups is 1. The largest absolute Gasteiger partial charge is 0.495 e. The fraction of sp³-hybridized carbons (Fsp3) is 0.409. The van der Waals surface area contributed by atoms with Crippen molar-refractivity contribution in [2.45, 2.75) is 31.3 Å². The first-order valence-electron chi connectivity index (χ1n) is 10.3. The standard InChI is InChI=1S/C22H26F3N3O4S/c1-14-10-15(2)13-28(12-14)33(30,31)20-11-16(8-9-19(20)32-3)21(29)27-26-18-7-5-4-6-17(18)22(23,24)25/h4-9,11,14-15,26H,10,12-13H2,1-3H3,(H,27,29). The van der Waals surface area contributed by atoms with E-state index in [1.807, 2.05) is 13.8 Å². The Morgan fingerprint density at radius 1 is 1.09 bits per heavy atom. The third-order valence-corrected chi connectivity index (χ3v) is 7.27. The van der Waals surface area contributed by atoms with Crippen molar-refractivity contribution < 1.29 is 31.1 Å².